The van der Waals surface area contributed by atoms with Gasteiger partial charge in [-0.15, -0.1) is 5.10 Å². The molecule has 2 atom stereocenters. The first kappa shape index (κ1) is 20.6. The van der Waals surface area contributed by atoms with Crippen molar-refractivity contribution in [3.63, 3.8) is 0 Å². The van der Waals surface area contributed by atoms with Crippen molar-refractivity contribution in [2.75, 3.05) is 20.8 Å². The van der Waals surface area contributed by atoms with Crippen molar-refractivity contribution in [2.45, 2.75) is 70.3 Å². The third kappa shape index (κ3) is 4.73. The Bertz CT molecular complexity index is 849. The Morgan fingerprint density at radius 3 is 2.55 bits per heavy atom. The van der Waals surface area contributed by atoms with Gasteiger partial charge in [0, 0.05) is 12.2 Å². The summed E-state index contributed by atoms with van der Waals surface area (Å²) in [5.41, 5.74) is 1.06. The van der Waals surface area contributed by atoms with Gasteiger partial charge < -0.3 is 14.4 Å². The molecule has 158 valence electrons. The van der Waals surface area contributed by atoms with Gasteiger partial charge in [0.15, 0.2) is 12.5 Å². The third-order valence-electron chi connectivity index (χ3n) is 6.38. The van der Waals surface area contributed by atoms with Crippen LogP contribution in [0, 0.1) is 4.77 Å². The molecule has 2 heterocycles. The molecule has 1 aliphatic heterocycles. The summed E-state index contributed by atoms with van der Waals surface area (Å²) in [7, 11) is 3.97. The summed E-state index contributed by atoms with van der Waals surface area (Å²) in [6.07, 6.45) is 9.11. The highest BCUT2D eigenvalue weighted by Gasteiger charge is 2.25. The average Bonchev–Trinajstić information content (AvgIpc) is 3.38. The Morgan fingerprint density at radius 2 is 1.90 bits per heavy atom. The van der Waals surface area contributed by atoms with Crippen molar-refractivity contribution >= 4 is 12.2 Å². The summed E-state index contributed by atoms with van der Waals surface area (Å²) < 4.78 is 16.2. The molecule has 1 saturated carbocycles. The van der Waals surface area contributed by atoms with Crippen LogP contribution in [0.15, 0.2) is 24.3 Å². The van der Waals surface area contributed by atoms with Crippen molar-refractivity contribution in [2.24, 2.45) is 0 Å². The highest BCUT2D eigenvalue weighted by Crippen LogP contribution is 2.24. The van der Waals surface area contributed by atoms with Crippen molar-refractivity contribution in [3.8, 4) is 17.1 Å². The highest BCUT2D eigenvalue weighted by molar-refractivity contribution is 7.71. The lowest BCUT2D eigenvalue weighted by atomic mass is 9.95. The standard InChI is InChI=1S/C22H32N4O2S/c1-24(18-7-4-3-5-8-18)16-26-22(29)25(15-20-9-6-14-28-20)21(23-26)17-10-12-19(27-2)13-11-17/h10-13,18,20H,3-9,14-16H2,1-2H3/p+1/t20-/m1/s1. The second-order valence-electron chi connectivity index (χ2n) is 8.42. The predicted molar refractivity (Wildman–Crippen MR) is 116 cm³/mol. The van der Waals surface area contributed by atoms with E-state index in [0.717, 1.165) is 54.6 Å². The van der Waals surface area contributed by atoms with Crippen LogP contribution in [0.25, 0.3) is 11.4 Å². The molecule has 2 aliphatic rings. The molecule has 1 N–H and O–H groups in total. The van der Waals surface area contributed by atoms with Crippen molar-refractivity contribution in [1.82, 2.24) is 14.3 Å². The fourth-order valence-corrected chi connectivity index (χ4v) is 4.88. The van der Waals surface area contributed by atoms with Gasteiger partial charge in [0.05, 0.1) is 32.8 Å². The zero-order valence-electron chi connectivity index (χ0n) is 17.6. The Hall–Kier alpha value is -1.70. The summed E-state index contributed by atoms with van der Waals surface area (Å²) in [5.74, 6) is 1.77. The van der Waals surface area contributed by atoms with Gasteiger partial charge in [-0.05, 0) is 75.0 Å². The maximum absolute atomic E-state index is 5.90. The molecule has 2 fully saturated rings. The lowest BCUT2D eigenvalue weighted by Gasteiger charge is -2.27. The molecule has 1 aromatic carbocycles. The van der Waals surface area contributed by atoms with Crippen molar-refractivity contribution < 1.29 is 14.4 Å². The average molecular weight is 418 g/mol. The van der Waals surface area contributed by atoms with Gasteiger partial charge in [0.2, 0.25) is 4.77 Å². The van der Waals surface area contributed by atoms with Gasteiger partial charge in [-0.1, -0.05) is 6.42 Å². The fraction of sp³-hybridized carbons (Fsp3) is 0.636. The molecule has 29 heavy (non-hydrogen) atoms. The summed E-state index contributed by atoms with van der Waals surface area (Å²) in [6, 6.07) is 8.78. The van der Waals surface area contributed by atoms with Gasteiger partial charge in [-0.25, -0.2) is 0 Å². The Balaban J connectivity index is 1.62. The largest absolute Gasteiger partial charge is 0.497 e. The van der Waals surface area contributed by atoms with E-state index in [2.05, 4.69) is 23.7 Å². The van der Waals surface area contributed by atoms with Crippen LogP contribution >= 0.6 is 12.2 Å². The molecular weight excluding hydrogens is 384 g/mol. The minimum atomic E-state index is 0.222. The number of quaternary nitrogens is 1. The zero-order chi connectivity index (χ0) is 20.2. The van der Waals surface area contributed by atoms with Crippen LogP contribution in [0.5, 0.6) is 5.75 Å². The maximum Gasteiger partial charge on any atom is 0.203 e. The van der Waals surface area contributed by atoms with E-state index in [-0.39, 0.29) is 6.10 Å². The molecule has 1 aliphatic carbocycles. The van der Waals surface area contributed by atoms with Crippen LogP contribution in [0.1, 0.15) is 44.9 Å². The normalized spacial score (nSPS) is 21.4. The smallest absolute Gasteiger partial charge is 0.203 e. The minimum absolute atomic E-state index is 0.222. The molecular formula is C22H33N4O2S+. The number of hydrogen-bond acceptors (Lipinski definition) is 4. The van der Waals surface area contributed by atoms with Gasteiger partial charge >= 0.3 is 0 Å². The topological polar surface area (TPSA) is 45.7 Å². The Labute approximate surface area is 178 Å². The summed E-state index contributed by atoms with van der Waals surface area (Å²) in [6.45, 7) is 2.42. The Kier molecular flexibility index (Phi) is 6.67. The van der Waals surface area contributed by atoms with Gasteiger partial charge in [0.1, 0.15) is 5.75 Å². The lowest BCUT2D eigenvalue weighted by Crippen LogP contribution is -3.12. The number of ether oxygens (including phenoxy) is 2. The van der Waals surface area contributed by atoms with Crippen LogP contribution in [0.3, 0.4) is 0 Å². The number of nitrogens with one attached hydrogen (secondary N) is 1. The number of rotatable bonds is 7. The fourth-order valence-electron chi connectivity index (χ4n) is 4.61. The van der Waals surface area contributed by atoms with Crippen LogP contribution in [0.2, 0.25) is 0 Å². The van der Waals surface area contributed by atoms with Gasteiger partial charge in [-0.3, -0.25) is 4.57 Å². The van der Waals surface area contributed by atoms with Gasteiger partial charge in [-0.2, -0.15) is 4.68 Å². The lowest BCUT2D eigenvalue weighted by molar-refractivity contribution is -0.930. The van der Waals surface area contributed by atoms with E-state index in [1.165, 1.54) is 37.0 Å². The van der Waals surface area contributed by atoms with E-state index in [0.29, 0.717) is 6.04 Å². The molecule has 6 nitrogen and oxygen atoms in total. The van der Waals surface area contributed by atoms with Crippen LogP contribution in [0.4, 0.5) is 0 Å². The first-order valence-electron chi connectivity index (χ1n) is 10.9. The molecule has 0 amide bonds. The molecule has 0 radical (unpaired) electrons. The molecule has 1 saturated heterocycles. The molecule has 1 unspecified atom stereocenters. The van der Waals surface area contributed by atoms with Gasteiger partial charge in [0.25, 0.3) is 0 Å². The second kappa shape index (κ2) is 9.41. The summed E-state index contributed by atoms with van der Waals surface area (Å²) >= 11 is 5.89. The summed E-state index contributed by atoms with van der Waals surface area (Å²) in [4.78, 5) is 1.50. The maximum atomic E-state index is 5.90. The molecule has 0 bridgehead atoms. The second-order valence-corrected chi connectivity index (χ2v) is 8.78. The van der Waals surface area contributed by atoms with E-state index < -0.39 is 0 Å². The minimum Gasteiger partial charge on any atom is -0.497 e. The van der Waals surface area contributed by atoms with E-state index in [9.17, 15) is 0 Å². The van der Waals surface area contributed by atoms with Crippen molar-refractivity contribution in [3.05, 3.63) is 29.0 Å². The first-order valence-corrected chi connectivity index (χ1v) is 11.3. The monoisotopic (exact) mass is 417 g/mol. The zero-order valence-corrected chi connectivity index (χ0v) is 18.4. The van der Waals surface area contributed by atoms with Crippen LogP contribution in [-0.2, 0) is 18.0 Å². The van der Waals surface area contributed by atoms with Crippen LogP contribution in [-0.4, -0.2) is 47.3 Å². The predicted octanol–water partition coefficient (Wildman–Crippen LogP) is 3.07. The van der Waals surface area contributed by atoms with E-state index in [1.54, 1.807) is 7.11 Å². The molecule has 0 spiro atoms. The van der Waals surface area contributed by atoms with E-state index >= 15 is 0 Å². The van der Waals surface area contributed by atoms with Crippen molar-refractivity contribution in [1.29, 1.82) is 0 Å². The summed E-state index contributed by atoms with van der Waals surface area (Å²) in [5, 5.41) is 4.97. The Morgan fingerprint density at radius 1 is 1.14 bits per heavy atom. The number of benzene rings is 1. The van der Waals surface area contributed by atoms with E-state index in [4.69, 9.17) is 26.8 Å². The third-order valence-corrected chi connectivity index (χ3v) is 6.81. The first-order chi connectivity index (χ1) is 14.2. The highest BCUT2D eigenvalue weighted by atomic mass is 32.1. The number of aromatic nitrogens is 3. The number of hydrogen-bond donors (Lipinski definition) is 1. The molecule has 2 aromatic rings. The SMILES string of the molecule is COc1ccc(-c2nn(C[NH+](C)C3CCCCC3)c(=S)n2C[C@H]2CCCO2)cc1. The number of methoxy groups -OCH3 is 1. The molecule has 1 aromatic heterocycles. The van der Waals surface area contributed by atoms with E-state index in [1.807, 2.05) is 16.8 Å². The molecule has 7 heteroatoms. The quantitative estimate of drug-likeness (QED) is 0.704. The number of nitrogens with zero attached hydrogens (tertiary/aromatic N) is 3. The molecule has 4 rings (SSSR count). The van der Waals surface area contributed by atoms with Crippen LogP contribution < -0.4 is 9.64 Å².